The number of carbonyl (C=O) groups excluding carboxylic acids is 1. The Balaban J connectivity index is 1.80. The van der Waals surface area contributed by atoms with E-state index < -0.39 is 17.5 Å². The zero-order valence-electron chi connectivity index (χ0n) is 22.9. The van der Waals surface area contributed by atoms with Crippen molar-refractivity contribution in [3.8, 4) is 0 Å². The third-order valence-electron chi connectivity index (χ3n) is 10.3. The second-order valence-corrected chi connectivity index (χ2v) is 11.8. The first-order chi connectivity index (χ1) is 16.4. The minimum absolute atomic E-state index is 0.118. The number of fused-ring (bicyclic) bond motifs is 5. The number of carbonyl (C=O) groups is 1. The van der Waals surface area contributed by atoms with E-state index in [0.717, 1.165) is 43.6 Å². The van der Waals surface area contributed by atoms with E-state index in [9.17, 15) is 9.90 Å². The third-order valence-corrected chi connectivity index (χ3v) is 10.3. The number of hydrogen-bond donors (Lipinski definition) is 1. The van der Waals surface area contributed by atoms with E-state index in [2.05, 4.69) is 37.9 Å². The van der Waals surface area contributed by atoms with Crippen LogP contribution < -0.4 is 0 Å². The van der Waals surface area contributed by atoms with Crippen LogP contribution in [0.5, 0.6) is 0 Å². The number of hydrogen-bond acceptors (Lipinski definition) is 5. The lowest BCUT2D eigenvalue weighted by atomic mass is 9.45. The topological polar surface area (TPSA) is 77.4 Å². The average molecular weight is 488 g/mol. The molecule has 0 aromatic rings. The van der Waals surface area contributed by atoms with Gasteiger partial charge in [0.2, 0.25) is 5.91 Å². The lowest BCUT2D eigenvalue weighted by molar-refractivity contribution is -0.242. The predicted molar refractivity (Wildman–Crippen MR) is 137 cm³/mol. The van der Waals surface area contributed by atoms with Crippen LogP contribution in [0.3, 0.4) is 0 Å². The summed E-state index contributed by atoms with van der Waals surface area (Å²) in [5, 5.41) is 12.5. The van der Waals surface area contributed by atoms with E-state index in [0.29, 0.717) is 13.0 Å². The lowest BCUT2D eigenvalue weighted by Gasteiger charge is -2.63. The number of allylic oxidation sites excluding steroid dienone is 3. The number of ether oxygens (including phenoxy) is 3. The molecule has 6 heteroatoms. The van der Waals surface area contributed by atoms with Crippen LogP contribution >= 0.6 is 0 Å². The van der Waals surface area contributed by atoms with Crippen LogP contribution in [0.1, 0.15) is 87.0 Å². The van der Waals surface area contributed by atoms with E-state index >= 15 is 0 Å². The minimum atomic E-state index is -0.788. The Morgan fingerprint density at radius 3 is 2.57 bits per heavy atom. The summed E-state index contributed by atoms with van der Waals surface area (Å²) in [6, 6.07) is 0. The van der Waals surface area contributed by atoms with Gasteiger partial charge in [0, 0.05) is 30.8 Å². The standard InChI is InChI=1S/C29H45NO5/c1-9-34-21(5)35-29(19(3)30-20(4)31)18(2)16-25-24-11-10-22-17-23(33-8)12-13-26(22,6)28(24,32)15-14-27(25,29)7/h10,17-18,21,24-25,32H,9,11-16H2,1-8H3/t18-,21?,24?,25?,26-,27-,28+,29-/m0/s1. The van der Waals surface area contributed by atoms with Crippen molar-refractivity contribution in [2.24, 2.45) is 33.6 Å². The van der Waals surface area contributed by atoms with Gasteiger partial charge in [0.25, 0.3) is 0 Å². The van der Waals surface area contributed by atoms with Gasteiger partial charge in [-0.05, 0) is 82.3 Å². The molecule has 4 rings (SSSR count). The monoisotopic (exact) mass is 487 g/mol. The van der Waals surface area contributed by atoms with Gasteiger partial charge in [0.05, 0.1) is 24.2 Å². The maximum absolute atomic E-state index is 12.5. The summed E-state index contributed by atoms with van der Waals surface area (Å²) in [5.74, 6) is 1.29. The van der Waals surface area contributed by atoms with Gasteiger partial charge in [-0.1, -0.05) is 26.8 Å². The van der Waals surface area contributed by atoms with Crippen LogP contribution in [0.15, 0.2) is 28.5 Å². The molecular formula is C29H45NO5. The van der Waals surface area contributed by atoms with Crippen molar-refractivity contribution in [1.29, 1.82) is 0 Å². The normalized spacial score (nSPS) is 43.9. The Kier molecular flexibility index (Phi) is 6.91. The number of amides is 1. The summed E-state index contributed by atoms with van der Waals surface area (Å²) >= 11 is 0. The maximum Gasteiger partial charge on any atom is 0.242 e. The molecule has 4 aliphatic rings. The van der Waals surface area contributed by atoms with Gasteiger partial charge in [-0.3, -0.25) is 4.79 Å². The molecule has 3 unspecified atom stereocenters. The second-order valence-electron chi connectivity index (χ2n) is 11.8. The van der Waals surface area contributed by atoms with Crippen LogP contribution in [0.4, 0.5) is 0 Å². The van der Waals surface area contributed by atoms with Gasteiger partial charge in [0.15, 0.2) is 6.29 Å². The molecule has 0 saturated heterocycles. The quantitative estimate of drug-likeness (QED) is 0.390. The summed E-state index contributed by atoms with van der Waals surface area (Å²) in [6.07, 6.45) is 9.08. The molecule has 0 spiro atoms. The molecule has 196 valence electrons. The molecule has 0 bridgehead atoms. The van der Waals surface area contributed by atoms with Crippen LogP contribution in [0.25, 0.3) is 0 Å². The van der Waals surface area contributed by atoms with E-state index in [4.69, 9.17) is 14.2 Å². The van der Waals surface area contributed by atoms with Crippen LogP contribution in [0, 0.1) is 28.6 Å². The molecule has 0 aliphatic heterocycles. The van der Waals surface area contributed by atoms with E-state index in [1.165, 1.54) is 12.5 Å². The Morgan fingerprint density at radius 2 is 1.94 bits per heavy atom. The maximum atomic E-state index is 12.5. The molecule has 2 fully saturated rings. The Labute approximate surface area is 211 Å². The zero-order valence-corrected chi connectivity index (χ0v) is 22.9. The van der Waals surface area contributed by atoms with Crippen molar-refractivity contribution in [3.05, 3.63) is 23.5 Å². The first-order valence-electron chi connectivity index (χ1n) is 13.4. The van der Waals surface area contributed by atoms with Crippen molar-refractivity contribution in [1.82, 2.24) is 0 Å². The van der Waals surface area contributed by atoms with Gasteiger partial charge in [-0.15, -0.1) is 0 Å². The molecule has 0 aromatic carbocycles. The van der Waals surface area contributed by atoms with E-state index in [1.54, 1.807) is 7.11 Å². The number of methoxy groups -OCH3 is 1. The molecule has 1 N–H and O–H groups in total. The molecule has 0 radical (unpaired) electrons. The van der Waals surface area contributed by atoms with Gasteiger partial charge in [-0.25, -0.2) is 4.99 Å². The fourth-order valence-corrected chi connectivity index (χ4v) is 8.68. The Hall–Kier alpha value is -1.50. The highest BCUT2D eigenvalue weighted by molar-refractivity contribution is 6.00. The van der Waals surface area contributed by atoms with Crippen molar-refractivity contribution in [2.75, 3.05) is 13.7 Å². The van der Waals surface area contributed by atoms with Crippen molar-refractivity contribution < 1.29 is 24.1 Å². The Morgan fingerprint density at radius 1 is 1.23 bits per heavy atom. The lowest BCUT2D eigenvalue weighted by Crippen LogP contribution is -2.66. The number of nitrogens with zero attached hydrogens (tertiary/aromatic N) is 1. The number of aliphatic imine (C=N–C) groups is 1. The smallest absolute Gasteiger partial charge is 0.242 e. The van der Waals surface area contributed by atoms with Crippen LogP contribution in [-0.2, 0) is 19.0 Å². The van der Waals surface area contributed by atoms with Crippen LogP contribution in [0.2, 0.25) is 0 Å². The van der Waals surface area contributed by atoms with Crippen molar-refractivity contribution in [2.45, 2.75) is 104 Å². The third kappa shape index (κ3) is 3.69. The predicted octanol–water partition coefficient (Wildman–Crippen LogP) is 5.60. The first-order valence-corrected chi connectivity index (χ1v) is 13.4. The first kappa shape index (κ1) is 26.6. The van der Waals surface area contributed by atoms with E-state index in [1.807, 2.05) is 20.8 Å². The SMILES string of the molecule is CCOC(C)O[C@]1(C(C)=NC(C)=O)[C@@H](C)CC2C3CC=C4C=C(OC)CC[C@]4(C)[C@@]3(O)CC[C@@]21C. The zero-order chi connectivity index (χ0) is 25.8. The fraction of sp³-hybridized carbons (Fsp3) is 0.793. The summed E-state index contributed by atoms with van der Waals surface area (Å²) in [5.41, 5.74) is -0.125. The Bertz CT molecular complexity index is 955. The summed E-state index contributed by atoms with van der Waals surface area (Å²) in [4.78, 5) is 16.6. The summed E-state index contributed by atoms with van der Waals surface area (Å²) < 4.78 is 18.2. The van der Waals surface area contributed by atoms with Gasteiger partial charge >= 0.3 is 0 Å². The van der Waals surface area contributed by atoms with E-state index in [-0.39, 0.29) is 34.5 Å². The minimum Gasteiger partial charge on any atom is -0.501 e. The second kappa shape index (κ2) is 9.11. The molecule has 35 heavy (non-hydrogen) atoms. The number of rotatable bonds is 6. The van der Waals surface area contributed by atoms with Gasteiger partial charge < -0.3 is 19.3 Å². The molecular weight excluding hydrogens is 442 g/mol. The molecule has 0 aromatic heterocycles. The van der Waals surface area contributed by atoms with Crippen molar-refractivity contribution >= 4 is 11.6 Å². The molecule has 0 heterocycles. The molecule has 1 amide bonds. The molecule has 4 aliphatic carbocycles. The van der Waals surface area contributed by atoms with Crippen molar-refractivity contribution in [3.63, 3.8) is 0 Å². The molecule has 8 atom stereocenters. The highest BCUT2D eigenvalue weighted by Gasteiger charge is 2.72. The average Bonchev–Trinajstić information content (AvgIpc) is 3.01. The largest absolute Gasteiger partial charge is 0.501 e. The molecule has 2 saturated carbocycles. The van der Waals surface area contributed by atoms with Gasteiger partial charge in [0.1, 0.15) is 5.60 Å². The highest BCUT2D eigenvalue weighted by atomic mass is 16.7. The number of aliphatic hydroxyl groups is 1. The summed E-state index contributed by atoms with van der Waals surface area (Å²) in [7, 11) is 1.73. The van der Waals surface area contributed by atoms with Crippen LogP contribution in [-0.4, -0.2) is 47.9 Å². The summed E-state index contributed by atoms with van der Waals surface area (Å²) in [6.45, 7) is 14.7. The molecule has 6 nitrogen and oxygen atoms in total. The fourth-order valence-electron chi connectivity index (χ4n) is 8.68. The highest BCUT2D eigenvalue weighted by Crippen LogP contribution is 2.70. The van der Waals surface area contributed by atoms with Gasteiger partial charge in [-0.2, -0.15) is 0 Å².